The van der Waals surface area contributed by atoms with Gasteiger partial charge in [0.1, 0.15) is 11.9 Å². The molecule has 2 N–H and O–H groups in total. The maximum Gasteiger partial charge on any atom is 0.327 e. The summed E-state index contributed by atoms with van der Waals surface area (Å²) in [5.41, 5.74) is 6.63. The smallest absolute Gasteiger partial charge is 0.327 e. The molecule has 0 saturated heterocycles. The fourth-order valence-electron chi connectivity index (χ4n) is 3.35. The van der Waals surface area contributed by atoms with Crippen LogP contribution < -0.4 is 5.32 Å². The Hall–Kier alpha value is -2.27. The highest BCUT2D eigenvalue weighted by Gasteiger charge is 2.18. The van der Waals surface area contributed by atoms with Crippen LogP contribution in [0.5, 0.6) is 0 Å². The molecule has 0 fully saturated rings. The van der Waals surface area contributed by atoms with Gasteiger partial charge in [-0.3, -0.25) is 0 Å². The maximum atomic E-state index is 11.6. The van der Waals surface area contributed by atoms with Crippen LogP contribution >= 0.6 is 11.8 Å². The zero-order valence-corrected chi connectivity index (χ0v) is 22.8. The fraction of sp³-hybridized carbons (Fsp3) is 0.517. The lowest BCUT2D eigenvalue weighted by Gasteiger charge is -2.15. The van der Waals surface area contributed by atoms with Crippen LogP contribution in [0.1, 0.15) is 78.7 Å². The Kier molecular flexibility index (Phi) is 15.1. The first kappa shape index (κ1) is 29.8. The van der Waals surface area contributed by atoms with Crippen LogP contribution in [0.15, 0.2) is 64.9 Å². The van der Waals surface area contributed by atoms with Gasteiger partial charge in [0, 0.05) is 17.7 Å². The van der Waals surface area contributed by atoms with Crippen molar-refractivity contribution >= 4 is 23.5 Å². The number of pyridine rings is 1. The predicted molar refractivity (Wildman–Crippen MR) is 150 cm³/mol. The van der Waals surface area contributed by atoms with Gasteiger partial charge in [-0.05, 0) is 91.7 Å². The van der Waals surface area contributed by atoms with Gasteiger partial charge in [0.2, 0.25) is 0 Å². The molecule has 1 aromatic rings. The van der Waals surface area contributed by atoms with Gasteiger partial charge in [0.25, 0.3) is 0 Å². The first-order valence-corrected chi connectivity index (χ1v) is 13.4. The molecule has 1 rings (SSSR count). The second kappa shape index (κ2) is 17.2. The van der Waals surface area contributed by atoms with Gasteiger partial charge in [-0.15, -0.1) is 0 Å². The Labute approximate surface area is 211 Å². The van der Waals surface area contributed by atoms with Crippen molar-refractivity contribution in [2.45, 2.75) is 86.1 Å². The third kappa shape index (κ3) is 14.1. The van der Waals surface area contributed by atoms with Crippen LogP contribution in [-0.4, -0.2) is 33.6 Å². The molecule has 0 amide bonds. The molecule has 5 heteroatoms. The highest BCUT2D eigenvalue weighted by Crippen LogP contribution is 2.16. The van der Waals surface area contributed by atoms with Crippen LogP contribution in [-0.2, 0) is 4.79 Å². The standard InChI is InChI=1S/C29H44N2O2S/c1-22(2)11-7-12-23(3)13-8-14-24(4)15-9-16-25(5)18-20-34-21-27(29(32)33)31-28-26(6)17-10-19-30-28/h10-11,13,15,17-19,27H,7-9,12,14,16,20-21H2,1-6H3,(H,30,31)(H,32,33)/b23-13+,24-15+,25-18+. The maximum absolute atomic E-state index is 11.6. The third-order valence-electron chi connectivity index (χ3n) is 5.61. The molecule has 188 valence electrons. The number of carboxylic acid groups (broad SMARTS) is 1. The molecule has 34 heavy (non-hydrogen) atoms. The topological polar surface area (TPSA) is 62.2 Å². The number of hydrogen-bond acceptors (Lipinski definition) is 4. The second-order valence-corrected chi connectivity index (χ2v) is 10.4. The summed E-state index contributed by atoms with van der Waals surface area (Å²) < 4.78 is 0. The number of nitrogens with one attached hydrogen (secondary N) is 1. The lowest BCUT2D eigenvalue weighted by Crippen LogP contribution is -2.32. The molecule has 0 spiro atoms. The molecule has 0 aliphatic rings. The lowest BCUT2D eigenvalue weighted by atomic mass is 10.0. The number of rotatable bonds is 16. The van der Waals surface area contributed by atoms with Crippen molar-refractivity contribution in [3.63, 3.8) is 0 Å². The van der Waals surface area contributed by atoms with Gasteiger partial charge in [0.15, 0.2) is 0 Å². The molecule has 4 nitrogen and oxygen atoms in total. The average Bonchev–Trinajstić information content (AvgIpc) is 2.76. The molecule has 0 aromatic carbocycles. The molecule has 0 aliphatic carbocycles. The summed E-state index contributed by atoms with van der Waals surface area (Å²) in [4.78, 5) is 15.8. The van der Waals surface area contributed by atoms with E-state index in [-0.39, 0.29) is 0 Å². The van der Waals surface area contributed by atoms with E-state index in [9.17, 15) is 9.90 Å². The number of aromatic nitrogens is 1. The summed E-state index contributed by atoms with van der Waals surface area (Å²) in [5, 5.41) is 12.6. The van der Waals surface area contributed by atoms with Gasteiger partial charge < -0.3 is 10.4 Å². The van der Waals surface area contributed by atoms with E-state index in [0.29, 0.717) is 11.6 Å². The van der Waals surface area contributed by atoms with E-state index in [0.717, 1.165) is 49.8 Å². The number of allylic oxidation sites excluding steroid dienone is 7. The molecular formula is C29H44N2O2S. The minimum Gasteiger partial charge on any atom is -0.480 e. The number of aliphatic carboxylic acids is 1. The summed E-state index contributed by atoms with van der Waals surface area (Å²) in [6.07, 6.45) is 17.6. The number of aryl methyl sites for hydroxylation is 1. The Bertz CT molecular complexity index is 880. The SMILES string of the molecule is CC(C)=CCC/C(C)=C/CC/C(C)=C/CC/C(C)=C/CSCC(Nc1ncccc1C)C(=O)O. The van der Waals surface area contributed by atoms with Crippen molar-refractivity contribution in [1.29, 1.82) is 0 Å². The van der Waals surface area contributed by atoms with Crippen molar-refractivity contribution in [1.82, 2.24) is 4.98 Å². The van der Waals surface area contributed by atoms with Gasteiger partial charge in [-0.25, -0.2) is 9.78 Å². The number of nitrogens with zero attached hydrogens (tertiary/aromatic N) is 1. The predicted octanol–water partition coefficient (Wildman–Crippen LogP) is 8.13. The van der Waals surface area contributed by atoms with Crippen molar-refractivity contribution < 1.29 is 9.90 Å². The molecule has 1 heterocycles. The fourth-order valence-corrected chi connectivity index (χ4v) is 4.35. The Balaban J connectivity index is 2.31. The largest absolute Gasteiger partial charge is 0.480 e. The Morgan fingerprint density at radius 3 is 2.06 bits per heavy atom. The summed E-state index contributed by atoms with van der Waals surface area (Å²) in [6, 6.07) is 3.12. The molecule has 0 radical (unpaired) electrons. The van der Waals surface area contributed by atoms with Crippen molar-refractivity contribution in [2.75, 3.05) is 16.8 Å². The van der Waals surface area contributed by atoms with Crippen LogP contribution in [0.3, 0.4) is 0 Å². The van der Waals surface area contributed by atoms with Crippen molar-refractivity contribution in [2.24, 2.45) is 0 Å². The minimum absolute atomic E-state index is 0.495. The summed E-state index contributed by atoms with van der Waals surface area (Å²) in [6.45, 7) is 12.9. The molecule has 0 saturated carbocycles. The van der Waals surface area contributed by atoms with Crippen LogP contribution in [0.4, 0.5) is 5.82 Å². The molecule has 0 aliphatic heterocycles. The number of thioether (sulfide) groups is 1. The van der Waals surface area contributed by atoms with E-state index < -0.39 is 12.0 Å². The Morgan fingerprint density at radius 2 is 1.53 bits per heavy atom. The highest BCUT2D eigenvalue weighted by atomic mass is 32.2. The van der Waals surface area contributed by atoms with Gasteiger partial charge in [-0.1, -0.05) is 52.7 Å². The molecule has 1 unspecified atom stereocenters. The van der Waals surface area contributed by atoms with E-state index in [1.165, 1.54) is 22.3 Å². The first-order chi connectivity index (χ1) is 16.2. The zero-order chi connectivity index (χ0) is 25.3. The first-order valence-electron chi connectivity index (χ1n) is 12.3. The van der Waals surface area contributed by atoms with E-state index in [2.05, 4.69) is 69.2 Å². The second-order valence-electron chi connectivity index (χ2n) is 9.29. The van der Waals surface area contributed by atoms with Crippen molar-refractivity contribution in [3.05, 3.63) is 70.5 Å². The van der Waals surface area contributed by atoms with Crippen LogP contribution in [0.25, 0.3) is 0 Å². The Morgan fingerprint density at radius 1 is 0.971 bits per heavy atom. The van der Waals surface area contributed by atoms with Gasteiger partial charge in [0.05, 0.1) is 0 Å². The monoisotopic (exact) mass is 484 g/mol. The van der Waals surface area contributed by atoms with Crippen LogP contribution in [0, 0.1) is 6.92 Å². The van der Waals surface area contributed by atoms with E-state index in [1.54, 1.807) is 18.0 Å². The van der Waals surface area contributed by atoms with E-state index in [1.807, 2.05) is 19.1 Å². The average molecular weight is 485 g/mol. The molecule has 1 aromatic heterocycles. The number of carboxylic acids is 1. The molecular weight excluding hydrogens is 440 g/mol. The van der Waals surface area contributed by atoms with Gasteiger partial charge >= 0.3 is 5.97 Å². The number of anilines is 1. The minimum atomic E-state index is -0.850. The normalized spacial score (nSPS) is 13.5. The quantitative estimate of drug-likeness (QED) is 0.183. The highest BCUT2D eigenvalue weighted by molar-refractivity contribution is 7.99. The number of hydrogen-bond donors (Lipinski definition) is 2. The molecule has 1 atom stereocenters. The molecule has 0 bridgehead atoms. The van der Waals surface area contributed by atoms with E-state index in [4.69, 9.17) is 0 Å². The van der Waals surface area contributed by atoms with E-state index >= 15 is 0 Å². The summed E-state index contributed by atoms with van der Waals surface area (Å²) in [5.74, 6) is 1.10. The van der Waals surface area contributed by atoms with Gasteiger partial charge in [-0.2, -0.15) is 11.8 Å². The summed E-state index contributed by atoms with van der Waals surface area (Å²) in [7, 11) is 0. The summed E-state index contributed by atoms with van der Waals surface area (Å²) >= 11 is 1.63. The zero-order valence-electron chi connectivity index (χ0n) is 22.0. The van der Waals surface area contributed by atoms with Crippen LogP contribution in [0.2, 0.25) is 0 Å². The third-order valence-corrected chi connectivity index (χ3v) is 6.58. The lowest BCUT2D eigenvalue weighted by molar-refractivity contribution is -0.137. The number of carbonyl (C=O) groups is 1. The van der Waals surface area contributed by atoms with Crippen molar-refractivity contribution in [3.8, 4) is 0 Å².